The van der Waals surface area contributed by atoms with Crippen molar-refractivity contribution in [3.63, 3.8) is 0 Å². The van der Waals surface area contributed by atoms with Gasteiger partial charge in [0.2, 0.25) is 18.1 Å². The Morgan fingerprint density at radius 3 is 2.45 bits per heavy atom. The molecule has 0 bridgehead atoms. The third kappa shape index (κ3) is 6.53. The van der Waals surface area contributed by atoms with Gasteiger partial charge in [-0.25, -0.2) is 0 Å². The van der Waals surface area contributed by atoms with Gasteiger partial charge >= 0.3 is 5.97 Å². The fourth-order valence-corrected chi connectivity index (χ4v) is 1.52. The molecule has 8 nitrogen and oxygen atoms in total. The second-order valence-corrected chi connectivity index (χ2v) is 4.42. The number of hydrogen-bond donors (Lipinski definition) is 4. The van der Waals surface area contributed by atoms with Crippen LogP contribution in [0, 0.1) is 0 Å². The third-order valence-electron chi connectivity index (χ3n) is 2.44. The number of nitrogens with zero attached hydrogens (tertiary/aromatic N) is 1. The summed E-state index contributed by atoms with van der Waals surface area (Å²) in [6, 6.07) is -2.04. The molecule has 2 atom stereocenters. The van der Waals surface area contributed by atoms with E-state index in [2.05, 4.69) is 17.9 Å². The van der Waals surface area contributed by atoms with Crippen LogP contribution in [0.25, 0.3) is 0 Å². The van der Waals surface area contributed by atoms with Crippen LogP contribution in [0.1, 0.15) is 19.8 Å². The lowest BCUT2D eigenvalue weighted by Gasteiger charge is -2.29. The largest absolute Gasteiger partial charge is 0.481 e. The third-order valence-corrected chi connectivity index (χ3v) is 2.83. The minimum Gasteiger partial charge on any atom is -0.481 e. The van der Waals surface area contributed by atoms with Crippen molar-refractivity contribution in [1.29, 1.82) is 0 Å². The van der Waals surface area contributed by atoms with Gasteiger partial charge in [0.05, 0.1) is 12.7 Å². The summed E-state index contributed by atoms with van der Waals surface area (Å²) in [5.41, 5.74) is 5.55. The van der Waals surface area contributed by atoms with Crippen molar-refractivity contribution in [3.05, 3.63) is 0 Å². The Hall–Kier alpha value is -1.61. The summed E-state index contributed by atoms with van der Waals surface area (Å²) in [6.45, 7) is 1.01. The highest BCUT2D eigenvalue weighted by Gasteiger charge is 2.28. The van der Waals surface area contributed by atoms with Gasteiger partial charge in [-0.05, 0) is 6.42 Å². The molecule has 0 aromatic carbocycles. The number of aliphatic carboxylic acids is 1. The van der Waals surface area contributed by atoms with E-state index in [-0.39, 0.29) is 25.3 Å². The lowest BCUT2D eigenvalue weighted by molar-refractivity contribution is -0.139. The number of amides is 2. The summed E-state index contributed by atoms with van der Waals surface area (Å²) >= 11 is 3.89. The number of nitrogens with one attached hydrogen (secondary N) is 1. The van der Waals surface area contributed by atoms with Gasteiger partial charge in [0.1, 0.15) is 6.04 Å². The molecule has 0 aliphatic rings. The topological polar surface area (TPSA) is 130 Å². The predicted octanol–water partition coefficient (Wildman–Crippen LogP) is -1.49. The summed E-state index contributed by atoms with van der Waals surface area (Å²) in [4.78, 5) is 45.4. The fourth-order valence-electron chi connectivity index (χ4n) is 1.37. The Bertz CT molecular complexity index is 377. The molecule has 0 spiro atoms. The van der Waals surface area contributed by atoms with Gasteiger partial charge in [-0.2, -0.15) is 12.6 Å². The van der Waals surface area contributed by atoms with E-state index in [4.69, 9.17) is 10.8 Å². The zero-order valence-corrected chi connectivity index (χ0v) is 11.9. The van der Waals surface area contributed by atoms with Crippen molar-refractivity contribution in [2.24, 2.45) is 5.73 Å². The Morgan fingerprint density at radius 1 is 1.45 bits per heavy atom. The van der Waals surface area contributed by atoms with Gasteiger partial charge in [0, 0.05) is 19.1 Å². The molecule has 0 aliphatic heterocycles. The molecule has 0 aliphatic carbocycles. The summed E-state index contributed by atoms with van der Waals surface area (Å²) in [5, 5.41) is 11.0. The number of carboxylic acids is 1. The summed E-state index contributed by atoms with van der Waals surface area (Å²) < 4.78 is 0. The summed E-state index contributed by atoms with van der Waals surface area (Å²) in [6.07, 6.45) is 1.19. The lowest BCUT2D eigenvalue weighted by Crippen LogP contribution is -2.53. The van der Waals surface area contributed by atoms with Crippen LogP contribution in [0.15, 0.2) is 0 Å². The Balaban J connectivity index is 4.94. The quantitative estimate of drug-likeness (QED) is 0.303. The van der Waals surface area contributed by atoms with Crippen LogP contribution in [0.2, 0.25) is 0 Å². The average molecular weight is 304 g/mol. The molecule has 4 N–H and O–H groups in total. The molecular formula is C11H18N3O5S. The van der Waals surface area contributed by atoms with Crippen LogP contribution in [-0.2, 0) is 19.2 Å². The van der Waals surface area contributed by atoms with Crippen molar-refractivity contribution in [2.45, 2.75) is 31.8 Å². The predicted molar refractivity (Wildman–Crippen MR) is 73.7 cm³/mol. The molecule has 0 unspecified atom stereocenters. The lowest BCUT2D eigenvalue weighted by atomic mass is 10.1. The van der Waals surface area contributed by atoms with Crippen LogP contribution >= 0.6 is 12.6 Å². The highest BCUT2D eigenvalue weighted by Crippen LogP contribution is 2.07. The first-order valence-corrected chi connectivity index (χ1v) is 6.47. The van der Waals surface area contributed by atoms with Crippen LogP contribution < -0.4 is 11.1 Å². The second-order valence-electron chi connectivity index (χ2n) is 4.05. The molecule has 2 amide bonds. The number of hydrogen-bond acceptors (Lipinski definition) is 6. The van der Waals surface area contributed by atoms with Crippen molar-refractivity contribution in [1.82, 2.24) is 10.2 Å². The molecule has 0 fully saturated rings. The average Bonchev–Trinajstić information content (AvgIpc) is 2.40. The number of carboxylic acid groups (broad SMARTS) is 1. The zero-order valence-electron chi connectivity index (χ0n) is 11.0. The number of nitrogens with two attached hydrogens (primary N) is 1. The first kappa shape index (κ1) is 18.4. The minimum absolute atomic E-state index is 0.0555. The number of carbonyl (C=O) groups is 3. The molecule has 0 rings (SSSR count). The van der Waals surface area contributed by atoms with E-state index in [0.29, 0.717) is 0 Å². The summed E-state index contributed by atoms with van der Waals surface area (Å²) in [5.74, 6) is -2.05. The van der Waals surface area contributed by atoms with Gasteiger partial charge in [-0.1, -0.05) is 0 Å². The number of thiol groups is 1. The van der Waals surface area contributed by atoms with E-state index in [1.165, 1.54) is 6.92 Å². The van der Waals surface area contributed by atoms with E-state index in [9.17, 15) is 19.2 Å². The molecule has 9 heteroatoms. The van der Waals surface area contributed by atoms with Crippen molar-refractivity contribution in [2.75, 3.05) is 12.4 Å². The van der Waals surface area contributed by atoms with Crippen molar-refractivity contribution < 1.29 is 24.3 Å². The van der Waals surface area contributed by atoms with E-state index in [0.717, 1.165) is 4.90 Å². The molecule has 0 aromatic heterocycles. The van der Waals surface area contributed by atoms with Gasteiger partial charge < -0.3 is 21.1 Å². The van der Waals surface area contributed by atoms with Crippen LogP contribution in [0.4, 0.5) is 0 Å². The van der Waals surface area contributed by atoms with Gasteiger partial charge in [-0.3, -0.25) is 19.2 Å². The normalized spacial score (nSPS) is 13.2. The molecule has 20 heavy (non-hydrogen) atoms. The first-order chi connectivity index (χ1) is 9.33. The smallest absolute Gasteiger partial charge is 0.303 e. The van der Waals surface area contributed by atoms with Crippen molar-refractivity contribution >= 4 is 36.7 Å². The molecule has 1 radical (unpaired) electrons. The van der Waals surface area contributed by atoms with Crippen LogP contribution in [0.3, 0.4) is 0 Å². The summed E-state index contributed by atoms with van der Waals surface area (Å²) in [7, 11) is 0. The molecule has 113 valence electrons. The highest BCUT2D eigenvalue weighted by molar-refractivity contribution is 7.80. The molecule has 0 saturated carbocycles. The first-order valence-electron chi connectivity index (χ1n) is 5.84. The van der Waals surface area contributed by atoms with Crippen LogP contribution in [0.5, 0.6) is 0 Å². The SMILES string of the molecule is CC(=O)NCN(C(=O)[C@@H](N)CS)[C@H]([C]=O)CCC(=O)O. The van der Waals surface area contributed by atoms with Gasteiger partial charge in [-0.15, -0.1) is 0 Å². The maximum absolute atomic E-state index is 12.0. The van der Waals surface area contributed by atoms with Gasteiger partial charge in [0.15, 0.2) is 0 Å². The maximum Gasteiger partial charge on any atom is 0.303 e. The Labute approximate surface area is 122 Å². The van der Waals surface area contributed by atoms with E-state index in [1.54, 1.807) is 6.29 Å². The standard InChI is InChI=1S/C11H18N3O5S/c1-7(16)13-6-14(11(19)9(12)5-20)8(4-15)2-3-10(17)18/h8-9,20H,2-3,5-6,12H2,1H3,(H,13,16)(H,17,18)/t8-,9-/m0/s1. The molecule has 0 saturated heterocycles. The second kappa shape index (κ2) is 9.32. The van der Waals surface area contributed by atoms with E-state index in [1.807, 2.05) is 0 Å². The Kier molecular flexibility index (Phi) is 8.57. The van der Waals surface area contributed by atoms with Crippen molar-refractivity contribution in [3.8, 4) is 0 Å². The van der Waals surface area contributed by atoms with Gasteiger partial charge in [0.25, 0.3) is 0 Å². The Morgan fingerprint density at radius 2 is 2.05 bits per heavy atom. The number of rotatable bonds is 9. The molecule has 0 heterocycles. The maximum atomic E-state index is 12.0. The van der Waals surface area contributed by atoms with Crippen LogP contribution in [-0.4, -0.2) is 58.6 Å². The molecular weight excluding hydrogens is 286 g/mol. The number of carbonyl (C=O) groups excluding carboxylic acids is 3. The minimum atomic E-state index is -1.10. The highest BCUT2D eigenvalue weighted by atomic mass is 32.1. The van der Waals surface area contributed by atoms with E-state index >= 15 is 0 Å². The van der Waals surface area contributed by atoms with E-state index < -0.39 is 29.9 Å². The monoisotopic (exact) mass is 304 g/mol. The molecule has 0 aromatic rings. The zero-order chi connectivity index (χ0) is 15.7. The fraction of sp³-hybridized carbons (Fsp3) is 0.636.